The minimum absolute atomic E-state index is 0.219. The third-order valence-corrected chi connectivity index (χ3v) is 7.66. The highest BCUT2D eigenvalue weighted by Crippen LogP contribution is 2.44. The number of piperidine rings is 1. The number of carboxylic acid groups (broad SMARTS) is 1. The molecular formula is C23H32ClN3O4. The highest BCUT2D eigenvalue weighted by atomic mass is 35.5. The van der Waals surface area contributed by atoms with Crippen LogP contribution in [0.5, 0.6) is 0 Å². The zero-order chi connectivity index (χ0) is 22.2. The summed E-state index contributed by atoms with van der Waals surface area (Å²) < 4.78 is 0. The van der Waals surface area contributed by atoms with Crippen LogP contribution in [0.3, 0.4) is 0 Å². The number of benzene rings is 1. The van der Waals surface area contributed by atoms with Gasteiger partial charge in [-0.25, -0.2) is 4.79 Å². The molecule has 2 aliphatic heterocycles. The Balaban J connectivity index is 1.50. The normalized spacial score (nSPS) is 28.9. The van der Waals surface area contributed by atoms with Gasteiger partial charge in [-0.3, -0.25) is 9.69 Å². The Labute approximate surface area is 188 Å². The van der Waals surface area contributed by atoms with E-state index in [0.717, 1.165) is 63.7 Å². The van der Waals surface area contributed by atoms with E-state index in [1.54, 1.807) is 19.1 Å². The van der Waals surface area contributed by atoms with Crippen molar-refractivity contribution in [1.29, 1.82) is 0 Å². The Kier molecular flexibility index (Phi) is 6.35. The number of rotatable bonds is 4. The van der Waals surface area contributed by atoms with Crippen LogP contribution in [0.4, 0.5) is 16.2 Å². The Bertz CT molecular complexity index is 842. The highest BCUT2D eigenvalue weighted by Gasteiger charge is 2.50. The maximum Gasteiger partial charge on any atom is 0.411 e. The minimum Gasteiger partial charge on any atom is -0.465 e. The molecule has 0 radical (unpaired) electrons. The summed E-state index contributed by atoms with van der Waals surface area (Å²) in [7, 11) is 0. The summed E-state index contributed by atoms with van der Waals surface area (Å²) in [5.74, 6) is 0.259. The van der Waals surface area contributed by atoms with Crippen molar-refractivity contribution in [3.8, 4) is 0 Å². The van der Waals surface area contributed by atoms with Gasteiger partial charge in [0.25, 0.3) is 0 Å². The molecule has 1 aromatic carbocycles. The second kappa shape index (κ2) is 8.87. The number of aliphatic hydroxyl groups is 1. The van der Waals surface area contributed by atoms with Crippen LogP contribution in [-0.2, 0) is 4.79 Å². The quantitative estimate of drug-likeness (QED) is 0.726. The van der Waals surface area contributed by atoms with Crippen LogP contribution >= 0.6 is 11.6 Å². The number of halogens is 1. The van der Waals surface area contributed by atoms with Gasteiger partial charge in [0.05, 0.1) is 22.2 Å². The molecule has 1 atom stereocenters. The molecular weight excluding hydrogens is 418 g/mol. The Hall–Kier alpha value is -1.99. The van der Waals surface area contributed by atoms with Crippen molar-refractivity contribution in [3.63, 3.8) is 0 Å². The van der Waals surface area contributed by atoms with Gasteiger partial charge < -0.3 is 20.0 Å². The molecule has 170 valence electrons. The summed E-state index contributed by atoms with van der Waals surface area (Å²) in [5.41, 5.74) is 1.04. The van der Waals surface area contributed by atoms with Crippen LogP contribution in [0.15, 0.2) is 18.2 Å². The molecule has 31 heavy (non-hydrogen) atoms. The molecule has 2 N–H and O–H groups in total. The maximum atomic E-state index is 13.5. The van der Waals surface area contributed by atoms with Gasteiger partial charge in [0.15, 0.2) is 0 Å². The molecule has 1 aromatic rings. The number of amides is 2. The van der Waals surface area contributed by atoms with Crippen molar-refractivity contribution in [2.45, 2.75) is 64.0 Å². The number of carbonyl (C=O) groups excluding carboxylic acids is 1. The predicted octanol–water partition coefficient (Wildman–Crippen LogP) is 3.97. The van der Waals surface area contributed by atoms with Gasteiger partial charge in [-0.2, -0.15) is 0 Å². The summed E-state index contributed by atoms with van der Waals surface area (Å²) in [6.45, 7) is 4.41. The lowest BCUT2D eigenvalue weighted by molar-refractivity contribution is -0.139. The Morgan fingerprint density at radius 1 is 1.23 bits per heavy atom. The highest BCUT2D eigenvalue weighted by molar-refractivity contribution is 6.33. The third kappa shape index (κ3) is 4.22. The fourth-order valence-electron chi connectivity index (χ4n) is 5.63. The summed E-state index contributed by atoms with van der Waals surface area (Å²) >= 11 is 6.58. The number of hydrogen-bond donors (Lipinski definition) is 2. The van der Waals surface area contributed by atoms with Gasteiger partial charge in [0.1, 0.15) is 0 Å². The first kappa shape index (κ1) is 22.2. The second-order valence-corrected chi connectivity index (χ2v) is 9.59. The van der Waals surface area contributed by atoms with Gasteiger partial charge >= 0.3 is 6.09 Å². The zero-order valence-electron chi connectivity index (χ0n) is 18.1. The molecule has 1 aliphatic carbocycles. The lowest BCUT2D eigenvalue weighted by Crippen LogP contribution is -2.50. The Morgan fingerprint density at radius 3 is 2.61 bits per heavy atom. The number of nitrogens with zero attached hydrogens (tertiary/aromatic N) is 3. The van der Waals surface area contributed by atoms with Crippen LogP contribution < -0.4 is 9.80 Å². The number of anilines is 2. The van der Waals surface area contributed by atoms with Crippen LogP contribution in [0, 0.1) is 5.41 Å². The minimum atomic E-state index is -1.00. The van der Waals surface area contributed by atoms with Gasteiger partial charge in [-0.1, -0.05) is 11.6 Å². The lowest BCUT2D eigenvalue weighted by Gasteiger charge is -2.41. The monoisotopic (exact) mass is 449 g/mol. The number of aliphatic hydroxyl groups excluding tert-OH is 1. The molecule has 3 fully saturated rings. The summed E-state index contributed by atoms with van der Waals surface area (Å²) in [5, 5.41) is 19.7. The van der Waals surface area contributed by atoms with E-state index in [2.05, 4.69) is 9.80 Å². The SMILES string of the molecule is CCN(C(=O)O)c1ccc(N2CCCC3(CCN([C@H]4CC[C@H](O)CC4)C3=O)C2)c(Cl)c1. The van der Waals surface area contributed by atoms with Crippen molar-refractivity contribution >= 4 is 35.0 Å². The van der Waals surface area contributed by atoms with Crippen molar-refractivity contribution in [2.24, 2.45) is 5.41 Å². The number of hydrogen-bond acceptors (Lipinski definition) is 4. The molecule has 8 heteroatoms. The number of carbonyl (C=O) groups is 2. The average molecular weight is 450 g/mol. The number of likely N-dealkylation sites (tertiary alicyclic amines) is 1. The van der Waals surface area contributed by atoms with E-state index in [0.29, 0.717) is 23.8 Å². The van der Waals surface area contributed by atoms with Crippen molar-refractivity contribution in [1.82, 2.24) is 4.90 Å². The van der Waals surface area contributed by atoms with Crippen molar-refractivity contribution < 1.29 is 19.8 Å². The van der Waals surface area contributed by atoms with E-state index >= 15 is 0 Å². The molecule has 2 heterocycles. The van der Waals surface area contributed by atoms with Crippen LogP contribution in [0.2, 0.25) is 5.02 Å². The van der Waals surface area contributed by atoms with Crippen LogP contribution in [0.1, 0.15) is 51.9 Å². The van der Waals surface area contributed by atoms with Crippen molar-refractivity contribution in [3.05, 3.63) is 23.2 Å². The Morgan fingerprint density at radius 2 is 1.97 bits per heavy atom. The molecule has 3 aliphatic rings. The second-order valence-electron chi connectivity index (χ2n) is 9.18. The fraction of sp³-hybridized carbons (Fsp3) is 0.652. The van der Waals surface area contributed by atoms with E-state index in [4.69, 9.17) is 11.6 Å². The summed E-state index contributed by atoms with van der Waals surface area (Å²) in [6, 6.07) is 5.62. The molecule has 1 unspecified atom stereocenters. The molecule has 4 rings (SSSR count). The van der Waals surface area contributed by atoms with Crippen LogP contribution in [0.25, 0.3) is 0 Å². The zero-order valence-corrected chi connectivity index (χ0v) is 18.9. The van der Waals surface area contributed by atoms with Gasteiger partial charge in [0.2, 0.25) is 5.91 Å². The van der Waals surface area contributed by atoms with Gasteiger partial charge in [-0.05, 0) is 70.1 Å². The first-order valence-electron chi connectivity index (χ1n) is 11.4. The van der Waals surface area contributed by atoms with E-state index in [-0.39, 0.29) is 23.5 Å². The molecule has 0 bridgehead atoms. The molecule has 7 nitrogen and oxygen atoms in total. The van der Waals surface area contributed by atoms with Gasteiger partial charge in [-0.15, -0.1) is 0 Å². The van der Waals surface area contributed by atoms with Crippen molar-refractivity contribution in [2.75, 3.05) is 36.0 Å². The molecule has 2 saturated heterocycles. The van der Waals surface area contributed by atoms with Gasteiger partial charge in [0, 0.05) is 37.9 Å². The molecule has 0 aromatic heterocycles. The smallest absolute Gasteiger partial charge is 0.411 e. The third-order valence-electron chi connectivity index (χ3n) is 7.36. The maximum absolute atomic E-state index is 13.5. The molecule has 1 saturated carbocycles. The summed E-state index contributed by atoms with van der Waals surface area (Å²) in [4.78, 5) is 30.5. The fourth-order valence-corrected chi connectivity index (χ4v) is 5.92. The lowest BCUT2D eigenvalue weighted by atomic mass is 9.78. The summed E-state index contributed by atoms with van der Waals surface area (Å²) in [6.07, 6.45) is 4.79. The average Bonchev–Trinajstić information content (AvgIpc) is 3.04. The molecule has 2 amide bonds. The van der Waals surface area contributed by atoms with Crippen LogP contribution in [-0.4, -0.2) is 65.4 Å². The van der Waals surface area contributed by atoms with E-state index in [9.17, 15) is 19.8 Å². The van der Waals surface area contributed by atoms with E-state index in [1.807, 2.05) is 6.07 Å². The first-order chi connectivity index (χ1) is 14.8. The molecule has 1 spiro atoms. The van der Waals surface area contributed by atoms with E-state index < -0.39 is 6.09 Å². The predicted molar refractivity (Wildman–Crippen MR) is 121 cm³/mol. The largest absolute Gasteiger partial charge is 0.465 e. The topological polar surface area (TPSA) is 84.3 Å². The first-order valence-corrected chi connectivity index (χ1v) is 11.8. The standard InChI is InChI=1S/C23H32ClN3O4/c1-2-26(22(30)31)17-6-9-20(19(24)14-17)25-12-3-10-23(15-25)11-13-27(21(23)29)16-4-7-18(28)8-5-16/h6,9,14,16,18,28H,2-5,7-8,10-13,15H2,1H3,(H,30,31)/t16-,18-,23?. The van der Waals surface area contributed by atoms with E-state index in [1.165, 1.54) is 4.90 Å².